The number of morpholine rings is 1. The van der Waals surface area contributed by atoms with Crippen LogP contribution in [-0.2, 0) is 16.1 Å². The molecule has 1 aromatic carbocycles. The van der Waals surface area contributed by atoms with Gasteiger partial charge in [-0.15, -0.1) is 0 Å². The number of H-pyrrole nitrogens is 1. The highest BCUT2D eigenvalue weighted by molar-refractivity contribution is 5.87. The molecule has 3 aromatic rings. The van der Waals surface area contributed by atoms with Crippen molar-refractivity contribution in [3.8, 4) is 11.3 Å². The molecular weight excluding hydrogens is 490 g/mol. The highest BCUT2D eigenvalue weighted by atomic mass is 19.1. The van der Waals surface area contributed by atoms with Crippen LogP contribution < -0.4 is 4.90 Å². The topological polar surface area (TPSA) is 78.9 Å². The Morgan fingerprint density at radius 1 is 1.08 bits per heavy atom. The predicted molar refractivity (Wildman–Crippen MR) is 147 cm³/mol. The second-order valence-corrected chi connectivity index (χ2v) is 8.67. The number of benzene rings is 1. The average molecular weight is 529 g/mol. The lowest BCUT2D eigenvalue weighted by Crippen LogP contribution is -2.43. The van der Waals surface area contributed by atoms with E-state index < -0.39 is 11.6 Å². The lowest BCUT2D eigenvalue weighted by Gasteiger charge is -2.37. The second kappa shape index (κ2) is 13.4. The molecule has 4 heterocycles. The van der Waals surface area contributed by atoms with Gasteiger partial charge >= 0.3 is 0 Å². The first-order valence-corrected chi connectivity index (χ1v) is 13.1. The van der Waals surface area contributed by atoms with E-state index in [1.807, 2.05) is 65.8 Å². The third-order valence-electron chi connectivity index (χ3n) is 6.09. The first-order valence-electron chi connectivity index (χ1n) is 13.1. The monoisotopic (exact) mass is 528 g/mol. The van der Waals surface area contributed by atoms with Gasteiger partial charge in [-0.3, -0.25) is 5.10 Å². The zero-order valence-corrected chi connectivity index (χ0v) is 23.3. The molecule has 0 radical (unpaired) electrons. The number of nitrogens with zero attached hydrogens (tertiary/aromatic N) is 5. The number of hydrogen-bond donors (Lipinski definition) is 1. The maximum atomic E-state index is 14.9. The Morgan fingerprint density at radius 2 is 1.84 bits per heavy atom. The molecule has 2 aliphatic rings. The summed E-state index contributed by atoms with van der Waals surface area (Å²) in [6, 6.07) is 5.44. The number of fused-ring (bicyclic) bond motifs is 1. The van der Waals surface area contributed by atoms with E-state index >= 15 is 0 Å². The van der Waals surface area contributed by atoms with E-state index in [1.54, 1.807) is 6.20 Å². The third kappa shape index (κ3) is 6.54. The predicted octanol–water partition coefficient (Wildman–Crippen LogP) is 6.24. The number of hydrogen-bond acceptors (Lipinski definition) is 7. The van der Waals surface area contributed by atoms with Gasteiger partial charge < -0.3 is 19.3 Å². The van der Waals surface area contributed by atoms with E-state index in [1.165, 1.54) is 12.1 Å². The van der Waals surface area contributed by atoms with Crippen molar-refractivity contribution >= 4 is 17.3 Å². The molecule has 1 N–H and O–H groups in total. The Kier molecular flexibility index (Phi) is 10.3. The van der Waals surface area contributed by atoms with Crippen LogP contribution >= 0.6 is 0 Å². The summed E-state index contributed by atoms with van der Waals surface area (Å²) < 4.78 is 40.6. The number of aromatic amines is 1. The molecule has 1 saturated heterocycles. The summed E-state index contributed by atoms with van der Waals surface area (Å²) in [7, 11) is 1.87. The standard InChI is InChI=1S/C24H26F2N6O2.2C2H6/c1-14-10-32(11-21(34-14)17-8-27-28-9-17)22-6-16-12-33-13-31(3)15(2)29-23(16)24(30-22)19-5-4-18(25)7-20(19)26;2*1-2/h4-9,14,21H,10-13H2,1-3H3,(H,27,28);2*1-2H3/t14-,21-;;/m0../s1. The zero-order valence-electron chi connectivity index (χ0n) is 23.3. The SMILES string of the molecule is CC.CC.CC1=Nc2c(cc(N3C[C@@H](c4cn[nH]c4)O[C@@H](C)C3)nc2-c2ccc(F)cc2F)COCN1C. The Hall–Kier alpha value is -3.37. The van der Waals surface area contributed by atoms with Gasteiger partial charge in [-0.2, -0.15) is 5.10 Å². The molecule has 0 aliphatic carbocycles. The second-order valence-electron chi connectivity index (χ2n) is 8.67. The van der Waals surface area contributed by atoms with Crippen molar-refractivity contribution in [3.05, 3.63) is 59.4 Å². The van der Waals surface area contributed by atoms with Crippen molar-refractivity contribution in [1.82, 2.24) is 20.1 Å². The fourth-order valence-electron chi connectivity index (χ4n) is 4.23. The Morgan fingerprint density at radius 3 is 2.53 bits per heavy atom. The fourth-order valence-corrected chi connectivity index (χ4v) is 4.23. The molecule has 2 atom stereocenters. The molecule has 0 amide bonds. The van der Waals surface area contributed by atoms with Gasteiger partial charge in [0.05, 0.1) is 31.1 Å². The quantitative estimate of drug-likeness (QED) is 0.434. The minimum Gasteiger partial charge on any atom is -0.367 e. The lowest BCUT2D eigenvalue weighted by atomic mass is 10.0. The highest BCUT2D eigenvalue weighted by Crippen LogP contribution is 2.39. The third-order valence-corrected chi connectivity index (χ3v) is 6.09. The van der Waals surface area contributed by atoms with Crippen molar-refractivity contribution < 1.29 is 18.3 Å². The molecule has 8 nitrogen and oxygen atoms in total. The van der Waals surface area contributed by atoms with Crippen LogP contribution in [0.1, 0.15) is 58.8 Å². The first-order chi connectivity index (χ1) is 18.4. The van der Waals surface area contributed by atoms with Crippen molar-refractivity contribution in [2.45, 2.75) is 60.4 Å². The molecule has 2 aromatic heterocycles. The lowest BCUT2D eigenvalue weighted by molar-refractivity contribution is -0.0176. The van der Waals surface area contributed by atoms with E-state index in [2.05, 4.69) is 15.1 Å². The zero-order chi connectivity index (χ0) is 27.8. The number of aromatic nitrogens is 3. The van der Waals surface area contributed by atoms with E-state index in [-0.39, 0.29) is 24.4 Å². The van der Waals surface area contributed by atoms with E-state index in [0.717, 1.165) is 17.2 Å². The number of ether oxygens (including phenoxy) is 2. The summed E-state index contributed by atoms with van der Waals surface area (Å²) in [5, 5.41) is 6.86. The summed E-state index contributed by atoms with van der Waals surface area (Å²) in [5.41, 5.74) is 2.79. The van der Waals surface area contributed by atoms with Gasteiger partial charge in [0, 0.05) is 42.5 Å². The van der Waals surface area contributed by atoms with Crippen molar-refractivity contribution in [3.63, 3.8) is 0 Å². The minimum atomic E-state index is -0.692. The van der Waals surface area contributed by atoms with E-state index in [4.69, 9.17) is 19.5 Å². The van der Waals surface area contributed by atoms with Crippen LogP contribution in [0.3, 0.4) is 0 Å². The largest absolute Gasteiger partial charge is 0.367 e. The van der Waals surface area contributed by atoms with Crippen LogP contribution in [0.5, 0.6) is 0 Å². The van der Waals surface area contributed by atoms with Gasteiger partial charge in [0.1, 0.15) is 41.8 Å². The fraction of sp³-hybridized carbons (Fsp3) is 0.464. The Balaban J connectivity index is 0.000000956. The maximum absolute atomic E-state index is 14.9. The number of aliphatic imine (C=N–C) groups is 1. The van der Waals surface area contributed by atoms with Gasteiger partial charge in [0.15, 0.2) is 0 Å². The highest BCUT2D eigenvalue weighted by Gasteiger charge is 2.30. The summed E-state index contributed by atoms with van der Waals surface area (Å²) >= 11 is 0. The van der Waals surface area contributed by atoms with Crippen molar-refractivity contribution in [2.24, 2.45) is 4.99 Å². The molecule has 0 saturated carbocycles. The van der Waals surface area contributed by atoms with Gasteiger partial charge in [-0.05, 0) is 32.0 Å². The van der Waals surface area contributed by atoms with Crippen LogP contribution in [-0.4, -0.2) is 58.9 Å². The van der Waals surface area contributed by atoms with Crippen molar-refractivity contribution in [1.29, 1.82) is 0 Å². The summed E-state index contributed by atoms with van der Waals surface area (Å²) in [6.45, 7) is 13.7. The van der Waals surface area contributed by atoms with Crippen LogP contribution in [0, 0.1) is 11.6 Å². The molecule has 2 aliphatic heterocycles. The van der Waals surface area contributed by atoms with Gasteiger partial charge in [-0.25, -0.2) is 18.8 Å². The van der Waals surface area contributed by atoms with E-state index in [0.29, 0.717) is 42.9 Å². The number of rotatable bonds is 3. The van der Waals surface area contributed by atoms with Crippen molar-refractivity contribution in [2.75, 3.05) is 31.8 Å². The van der Waals surface area contributed by atoms with Crippen LogP contribution in [0.4, 0.5) is 20.3 Å². The van der Waals surface area contributed by atoms with Gasteiger partial charge in [0.25, 0.3) is 0 Å². The van der Waals surface area contributed by atoms with Gasteiger partial charge in [-0.1, -0.05) is 27.7 Å². The molecule has 0 unspecified atom stereocenters. The number of anilines is 1. The summed E-state index contributed by atoms with van der Waals surface area (Å²) in [4.78, 5) is 13.6. The number of halogens is 2. The maximum Gasteiger partial charge on any atom is 0.135 e. The molecule has 38 heavy (non-hydrogen) atoms. The number of amidine groups is 1. The molecular formula is C28H38F2N6O2. The molecule has 206 valence electrons. The molecule has 1 fully saturated rings. The Labute approximate surface area is 223 Å². The van der Waals surface area contributed by atoms with E-state index in [9.17, 15) is 8.78 Å². The average Bonchev–Trinajstić information content (AvgIpc) is 3.46. The van der Waals surface area contributed by atoms with Crippen LogP contribution in [0.2, 0.25) is 0 Å². The number of nitrogens with one attached hydrogen (secondary N) is 1. The minimum absolute atomic E-state index is 0.0615. The van der Waals surface area contributed by atoms with Crippen LogP contribution in [0.25, 0.3) is 11.3 Å². The smallest absolute Gasteiger partial charge is 0.135 e. The first kappa shape index (κ1) is 29.2. The number of pyridine rings is 1. The summed E-state index contributed by atoms with van der Waals surface area (Å²) in [6.07, 6.45) is 3.31. The summed E-state index contributed by atoms with van der Waals surface area (Å²) in [5.74, 6) is 0.0291. The molecule has 0 bridgehead atoms. The van der Waals surface area contributed by atoms with Gasteiger partial charge in [0.2, 0.25) is 0 Å². The normalized spacial score (nSPS) is 19.1. The molecule has 10 heteroatoms. The van der Waals surface area contributed by atoms with Crippen LogP contribution in [0.15, 0.2) is 41.7 Å². The molecule has 0 spiro atoms. The Bertz CT molecular complexity index is 1220. The molecule has 5 rings (SSSR count).